The summed E-state index contributed by atoms with van der Waals surface area (Å²) in [6.07, 6.45) is -7.79. The van der Waals surface area contributed by atoms with E-state index in [0.29, 0.717) is 16.7 Å². The van der Waals surface area contributed by atoms with Crippen molar-refractivity contribution in [2.75, 3.05) is 34.0 Å². The number of esters is 4. The molecule has 0 spiro atoms. The zero-order valence-electron chi connectivity index (χ0n) is 33.9. The second-order valence-electron chi connectivity index (χ2n) is 13.9. The van der Waals surface area contributed by atoms with Crippen molar-refractivity contribution in [3.63, 3.8) is 0 Å². The Morgan fingerprint density at radius 1 is 0.683 bits per heavy atom. The summed E-state index contributed by atoms with van der Waals surface area (Å²) in [5, 5.41) is 73.5. The fourth-order valence-corrected chi connectivity index (χ4v) is 6.42. The smallest absolute Gasteiger partial charge is 0.331 e. The van der Waals surface area contributed by atoms with E-state index in [2.05, 4.69) is 0 Å². The van der Waals surface area contributed by atoms with Crippen molar-refractivity contribution >= 4 is 42.1 Å². The SMILES string of the molecule is COc1cc(C=CC(=O)OCC2OC(CO)(OC3OC(CO)C(OC(=O)C=Cc4ccc(O)cc4)C(O)C3OC(C)=O)C(OC(=O)C=Cc3ccc(O)c(OC)c3)C2O)ccc1O. The van der Waals surface area contributed by atoms with Crippen molar-refractivity contribution in [1.29, 1.82) is 0 Å². The molecule has 20 nitrogen and oxygen atoms in total. The van der Waals surface area contributed by atoms with E-state index in [1.807, 2.05) is 0 Å². The van der Waals surface area contributed by atoms with Gasteiger partial charge in [0.2, 0.25) is 12.1 Å². The summed E-state index contributed by atoms with van der Waals surface area (Å²) in [4.78, 5) is 51.3. The van der Waals surface area contributed by atoms with E-state index in [9.17, 15) is 54.9 Å². The first-order chi connectivity index (χ1) is 30.1. The first-order valence-corrected chi connectivity index (χ1v) is 19.0. The van der Waals surface area contributed by atoms with Gasteiger partial charge in [0, 0.05) is 25.2 Å². The van der Waals surface area contributed by atoms with Gasteiger partial charge in [0.1, 0.15) is 43.4 Å². The van der Waals surface area contributed by atoms with E-state index in [0.717, 1.165) is 25.2 Å². The molecule has 0 saturated carbocycles. The van der Waals surface area contributed by atoms with Crippen molar-refractivity contribution in [3.05, 3.63) is 95.6 Å². The van der Waals surface area contributed by atoms with Crippen LogP contribution in [-0.2, 0) is 52.3 Å². The highest BCUT2D eigenvalue weighted by atomic mass is 16.8. The number of phenolic OH excluding ortho intramolecular Hbond substituents is 3. The Labute approximate surface area is 359 Å². The lowest BCUT2D eigenvalue weighted by Crippen LogP contribution is -2.64. The maximum absolute atomic E-state index is 13.3. The Balaban J connectivity index is 1.40. The lowest BCUT2D eigenvalue weighted by Gasteiger charge is -2.45. The maximum atomic E-state index is 13.3. The molecule has 20 heteroatoms. The largest absolute Gasteiger partial charge is 0.508 e. The van der Waals surface area contributed by atoms with E-state index in [1.165, 1.54) is 93.1 Å². The molecule has 9 unspecified atom stereocenters. The molecule has 2 aliphatic rings. The Hall–Kier alpha value is -6.52. The number of ether oxygens (including phenoxy) is 9. The highest BCUT2D eigenvalue weighted by Gasteiger charge is 2.62. The minimum Gasteiger partial charge on any atom is -0.508 e. The van der Waals surface area contributed by atoms with Crippen molar-refractivity contribution in [3.8, 4) is 28.7 Å². The van der Waals surface area contributed by atoms with Crippen LogP contribution in [0.5, 0.6) is 28.7 Å². The molecule has 2 fully saturated rings. The summed E-state index contributed by atoms with van der Waals surface area (Å²) in [7, 11) is 2.66. The van der Waals surface area contributed by atoms with Gasteiger partial charge >= 0.3 is 23.9 Å². The van der Waals surface area contributed by atoms with Crippen LogP contribution in [0.1, 0.15) is 23.6 Å². The third-order valence-electron chi connectivity index (χ3n) is 9.53. The van der Waals surface area contributed by atoms with Crippen LogP contribution in [0.2, 0.25) is 0 Å². The van der Waals surface area contributed by atoms with Crippen LogP contribution in [-0.4, -0.2) is 148 Å². The van der Waals surface area contributed by atoms with Crippen LogP contribution in [0.3, 0.4) is 0 Å². The van der Waals surface area contributed by atoms with Crippen LogP contribution in [0, 0.1) is 0 Å². The van der Waals surface area contributed by atoms with Gasteiger partial charge in [-0.15, -0.1) is 0 Å². The maximum Gasteiger partial charge on any atom is 0.331 e. The average Bonchev–Trinajstić information content (AvgIpc) is 3.52. The summed E-state index contributed by atoms with van der Waals surface area (Å²) >= 11 is 0. The van der Waals surface area contributed by atoms with Gasteiger partial charge < -0.3 is 78.4 Å². The Kier molecular flexibility index (Phi) is 16.2. The Morgan fingerprint density at radius 3 is 1.76 bits per heavy atom. The molecule has 5 rings (SSSR count). The molecule has 2 aliphatic heterocycles. The molecule has 7 N–H and O–H groups in total. The van der Waals surface area contributed by atoms with E-state index >= 15 is 0 Å². The molecule has 0 radical (unpaired) electrons. The summed E-state index contributed by atoms with van der Waals surface area (Å²) in [5.74, 6) is -6.83. The first kappa shape index (κ1) is 47.5. The third kappa shape index (κ3) is 12.1. The minimum absolute atomic E-state index is 0.0124. The molecule has 338 valence electrons. The average molecular weight is 883 g/mol. The predicted molar refractivity (Wildman–Crippen MR) is 214 cm³/mol. The monoisotopic (exact) mass is 882 g/mol. The van der Waals surface area contributed by atoms with Crippen molar-refractivity contribution in [2.24, 2.45) is 0 Å². The standard InChI is InChI=1S/C43H46O20/c1-23(46)58-40-38(54)39(60-35(51)16-8-24-4-11-27(47)12-5-24)32(20-44)59-42(40)63-43(22-45)41(61-36(52)17-10-26-7-14-29(49)31(19-26)56-3)37(53)33(62-43)21-57-34(50)15-9-25-6-13-28(48)30(18-25)55-2/h4-19,32-33,37-42,44-45,47-49,53-54H,20-22H2,1-3H3. The number of phenols is 3. The Bertz CT molecular complexity index is 2170. The minimum atomic E-state index is -2.64. The molecule has 0 bridgehead atoms. The molecule has 2 saturated heterocycles. The van der Waals surface area contributed by atoms with Gasteiger partial charge in [0.15, 0.2) is 41.3 Å². The molecule has 0 amide bonds. The number of benzene rings is 3. The van der Waals surface area contributed by atoms with Gasteiger partial charge in [0.25, 0.3) is 0 Å². The molecular formula is C43H46O20. The number of hydrogen-bond acceptors (Lipinski definition) is 20. The number of rotatable bonds is 17. The number of hydrogen-bond donors (Lipinski definition) is 7. The topological polar surface area (TPSA) is 293 Å². The van der Waals surface area contributed by atoms with Crippen molar-refractivity contribution < 1.29 is 97.6 Å². The second-order valence-corrected chi connectivity index (χ2v) is 13.9. The van der Waals surface area contributed by atoms with Crippen LogP contribution >= 0.6 is 0 Å². The van der Waals surface area contributed by atoms with Crippen molar-refractivity contribution in [1.82, 2.24) is 0 Å². The summed E-state index contributed by atoms with van der Waals surface area (Å²) in [6.45, 7) is -1.92. The fraction of sp³-hybridized carbons (Fsp3) is 0.349. The number of carbonyl (C=O) groups excluding carboxylic acids is 4. The van der Waals surface area contributed by atoms with Gasteiger partial charge in [0.05, 0.1) is 20.8 Å². The van der Waals surface area contributed by atoms with E-state index in [1.54, 1.807) is 0 Å². The lowest BCUT2D eigenvalue weighted by molar-refractivity contribution is -0.383. The normalized spacial score (nSPS) is 25.8. The number of methoxy groups -OCH3 is 2. The highest BCUT2D eigenvalue weighted by Crippen LogP contribution is 2.39. The molecule has 2 heterocycles. The van der Waals surface area contributed by atoms with Gasteiger partial charge in [-0.3, -0.25) is 4.79 Å². The third-order valence-corrected chi connectivity index (χ3v) is 9.53. The summed E-state index contributed by atoms with van der Waals surface area (Å²) in [6, 6.07) is 14.2. The van der Waals surface area contributed by atoms with Crippen LogP contribution < -0.4 is 9.47 Å². The molecule has 63 heavy (non-hydrogen) atoms. The molecule has 0 aromatic heterocycles. The quantitative estimate of drug-likeness (QED) is 0.0567. The molecule has 9 atom stereocenters. The predicted octanol–water partition coefficient (Wildman–Crippen LogP) is 1.10. The first-order valence-electron chi connectivity index (χ1n) is 19.0. The van der Waals surface area contributed by atoms with E-state index < -0.39 is 98.5 Å². The Morgan fingerprint density at radius 2 is 1.22 bits per heavy atom. The zero-order chi connectivity index (χ0) is 45.8. The van der Waals surface area contributed by atoms with E-state index in [-0.39, 0.29) is 28.7 Å². The molecular weight excluding hydrogens is 836 g/mol. The van der Waals surface area contributed by atoms with Crippen molar-refractivity contribution in [2.45, 2.75) is 61.7 Å². The van der Waals surface area contributed by atoms with Crippen LogP contribution in [0.25, 0.3) is 18.2 Å². The summed E-state index contributed by atoms with van der Waals surface area (Å²) < 4.78 is 49.5. The zero-order valence-corrected chi connectivity index (χ0v) is 33.9. The lowest BCUT2D eigenvalue weighted by atomic mass is 9.98. The van der Waals surface area contributed by atoms with Gasteiger partial charge in [-0.25, -0.2) is 14.4 Å². The van der Waals surface area contributed by atoms with Gasteiger partial charge in [-0.1, -0.05) is 24.3 Å². The highest BCUT2D eigenvalue weighted by molar-refractivity contribution is 5.88. The molecule has 3 aromatic rings. The van der Waals surface area contributed by atoms with Gasteiger partial charge in [-0.05, 0) is 71.3 Å². The fourth-order valence-electron chi connectivity index (χ4n) is 6.42. The van der Waals surface area contributed by atoms with Crippen LogP contribution in [0.15, 0.2) is 78.9 Å². The van der Waals surface area contributed by atoms with Crippen LogP contribution in [0.4, 0.5) is 0 Å². The number of aliphatic hydroxyl groups is 4. The number of aliphatic hydroxyl groups excluding tert-OH is 4. The van der Waals surface area contributed by atoms with Gasteiger partial charge in [-0.2, -0.15) is 0 Å². The molecule has 0 aliphatic carbocycles. The van der Waals surface area contributed by atoms with E-state index in [4.69, 9.17) is 42.6 Å². The second kappa shape index (κ2) is 21.5. The number of carbonyl (C=O) groups is 4. The number of aromatic hydroxyl groups is 3. The molecule has 3 aromatic carbocycles. The summed E-state index contributed by atoms with van der Waals surface area (Å²) in [5.41, 5.74) is 1.31.